The van der Waals surface area contributed by atoms with E-state index in [0.717, 1.165) is 25.7 Å². The van der Waals surface area contributed by atoms with Crippen LogP contribution in [0.2, 0.25) is 0 Å². The summed E-state index contributed by atoms with van der Waals surface area (Å²) in [6, 6.07) is 8.61. The van der Waals surface area contributed by atoms with E-state index in [1.165, 1.54) is 297 Å². The van der Waals surface area contributed by atoms with Gasteiger partial charge in [0.25, 0.3) is 0 Å². The number of aromatic hydroxyl groups is 2. The molecule has 0 heterocycles. The first-order chi connectivity index (χ1) is 31.1. The molecule has 0 aliphatic rings. The smallest absolute Gasteiger partial charge is 0.119 e. The maximum absolute atomic E-state index is 11.1. The molecule has 0 bridgehead atoms. The molecule has 63 heavy (non-hydrogen) atoms. The van der Waals surface area contributed by atoms with Crippen LogP contribution in [0.25, 0.3) is 0 Å². The molecule has 0 aliphatic carbocycles. The quantitative estimate of drug-likeness (QED) is 0.0651. The van der Waals surface area contributed by atoms with Crippen molar-refractivity contribution in [1.29, 1.82) is 0 Å². The first kappa shape index (κ1) is 57.2. The summed E-state index contributed by atoms with van der Waals surface area (Å²) in [5.74, 6) is 1.12. The molecule has 0 saturated carbocycles. The molecule has 364 valence electrons. The minimum atomic E-state index is 0.559. The summed E-state index contributed by atoms with van der Waals surface area (Å²) in [6.45, 7) is 9.21. The Kier molecular flexibility index (Phi) is 37.6. The van der Waals surface area contributed by atoms with Gasteiger partial charge in [0.2, 0.25) is 0 Å². The molecule has 0 unspecified atom stereocenters. The Bertz CT molecular complexity index is 1210. The van der Waals surface area contributed by atoms with Gasteiger partial charge in [0.1, 0.15) is 11.5 Å². The second-order valence-corrected chi connectivity index (χ2v) is 20.3. The minimum absolute atomic E-state index is 0.559. The van der Waals surface area contributed by atoms with Crippen molar-refractivity contribution >= 4 is 0 Å². The number of rotatable bonds is 46. The van der Waals surface area contributed by atoms with Crippen molar-refractivity contribution in [2.45, 2.75) is 317 Å². The predicted octanol–water partition coefficient (Wildman–Crippen LogP) is 20.3. The van der Waals surface area contributed by atoms with Gasteiger partial charge in [-0.3, -0.25) is 0 Å². The number of hydrogen-bond donors (Lipinski definition) is 2. The standard InChI is InChI=1S/C61H108O2/c1-5-9-13-17-21-28-34-40-46-56-54(50-52-60(62)58(56)48-42-36-30-23-19-15-11-7-3)44-38-32-26-25-27-33-39-45-55-51-53-61(63)59(49-43-37-31-24-20-16-12-8-4)57(55)47-41-35-29-22-18-14-10-6-2/h50-53,62-63H,5-49H2,1-4H3. The van der Waals surface area contributed by atoms with E-state index in [0.29, 0.717) is 11.5 Å². The lowest BCUT2D eigenvalue weighted by Crippen LogP contribution is -2.03. The number of benzene rings is 2. The van der Waals surface area contributed by atoms with Crippen LogP contribution in [0.4, 0.5) is 0 Å². The Labute approximate surface area is 394 Å². The van der Waals surface area contributed by atoms with E-state index >= 15 is 0 Å². The molecule has 2 aromatic carbocycles. The minimum Gasteiger partial charge on any atom is -0.508 e. The van der Waals surface area contributed by atoms with Gasteiger partial charge in [-0.05, 0) is 123 Å². The monoisotopic (exact) mass is 873 g/mol. The molecule has 0 amide bonds. The Morgan fingerprint density at radius 1 is 0.222 bits per heavy atom. The fourth-order valence-corrected chi connectivity index (χ4v) is 10.4. The molecule has 2 heteroatoms. The third-order valence-electron chi connectivity index (χ3n) is 14.5. The van der Waals surface area contributed by atoms with E-state index in [4.69, 9.17) is 0 Å². The molecule has 0 aromatic heterocycles. The van der Waals surface area contributed by atoms with E-state index in [1.807, 2.05) is 12.1 Å². The predicted molar refractivity (Wildman–Crippen MR) is 281 cm³/mol. The molecule has 0 saturated heterocycles. The highest BCUT2D eigenvalue weighted by Gasteiger charge is 2.15. The SMILES string of the molecule is CCCCCCCCCCc1c(O)ccc(CCCCCCCCCc2ccc(O)c(CCCCCCCCCC)c2CCCCCCCCCC)c1CCCCCCCCCC. The van der Waals surface area contributed by atoms with Gasteiger partial charge >= 0.3 is 0 Å². The molecular formula is C61H108O2. The fourth-order valence-electron chi connectivity index (χ4n) is 10.4. The fraction of sp³-hybridized carbons (Fsp3) is 0.803. The highest BCUT2D eigenvalue weighted by atomic mass is 16.3. The first-order valence-corrected chi connectivity index (χ1v) is 28.7. The molecule has 2 nitrogen and oxygen atoms in total. The number of hydrogen-bond acceptors (Lipinski definition) is 2. The zero-order valence-corrected chi connectivity index (χ0v) is 43.0. The molecule has 0 spiro atoms. The van der Waals surface area contributed by atoms with Crippen molar-refractivity contribution in [3.63, 3.8) is 0 Å². The number of unbranched alkanes of at least 4 members (excludes halogenated alkanes) is 34. The van der Waals surface area contributed by atoms with Gasteiger partial charge in [0.15, 0.2) is 0 Å². The van der Waals surface area contributed by atoms with Crippen LogP contribution in [0.1, 0.15) is 311 Å². The van der Waals surface area contributed by atoms with Gasteiger partial charge in [0.05, 0.1) is 0 Å². The first-order valence-electron chi connectivity index (χ1n) is 28.7. The number of phenolic OH excluding ortho intramolecular Hbond substituents is 2. The normalized spacial score (nSPS) is 11.6. The Morgan fingerprint density at radius 3 is 0.651 bits per heavy atom. The van der Waals surface area contributed by atoms with Crippen molar-refractivity contribution in [3.05, 3.63) is 57.6 Å². The summed E-state index contributed by atoms with van der Waals surface area (Å²) in [4.78, 5) is 0. The van der Waals surface area contributed by atoms with Gasteiger partial charge in [0, 0.05) is 0 Å². The molecule has 2 N–H and O–H groups in total. The summed E-state index contributed by atoms with van der Waals surface area (Å²) in [6.07, 6.45) is 59.0. The van der Waals surface area contributed by atoms with E-state index in [2.05, 4.69) is 39.8 Å². The summed E-state index contributed by atoms with van der Waals surface area (Å²) in [5.41, 5.74) is 8.67. The molecule has 0 fully saturated rings. The van der Waals surface area contributed by atoms with Crippen LogP contribution in [0.5, 0.6) is 11.5 Å². The Morgan fingerprint density at radius 2 is 0.413 bits per heavy atom. The molecule has 0 radical (unpaired) electrons. The third kappa shape index (κ3) is 28.6. The zero-order valence-electron chi connectivity index (χ0n) is 43.0. The Hall–Kier alpha value is -1.96. The summed E-state index contributed by atoms with van der Waals surface area (Å²) < 4.78 is 0. The van der Waals surface area contributed by atoms with Crippen LogP contribution in [0.3, 0.4) is 0 Å². The average molecular weight is 874 g/mol. The number of aryl methyl sites for hydroxylation is 2. The third-order valence-corrected chi connectivity index (χ3v) is 14.5. The average Bonchev–Trinajstić information content (AvgIpc) is 3.29. The number of phenols is 2. The maximum atomic E-state index is 11.1. The molecule has 2 rings (SSSR count). The van der Waals surface area contributed by atoms with Crippen molar-refractivity contribution in [3.8, 4) is 11.5 Å². The van der Waals surface area contributed by atoms with Crippen LogP contribution in [0.15, 0.2) is 24.3 Å². The topological polar surface area (TPSA) is 40.5 Å². The summed E-state index contributed by atoms with van der Waals surface area (Å²) >= 11 is 0. The second kappa shape index (κ2) is 41.5. The van der Waals surface area contributed by atoms with Crippen molar-refractivity contribution in [1.82, 2.24) is 0 Å². The van der Waals surface area contributed by atoms with Gasteiger partial charge in [-0.25, -0.2) is 0 Å². The van der Waals surface area contributed by atoms with Crippen LogP contribution in [-0.4, -0.2) is 10.2 Å². The van der Waals surface area contributed by atoms with Crippen LogP contribution in [0, 0.1) is 0 Å². The second-order valence-electron chi connectivity index (χ2n) is 20.3. The largest absolute Gasteiger partial charge is 0.508 e. The molecule has 2 aromatic rings. The molecular weight excluding hydrogens is 765 g/mol. The summed E-state index contributed by atoms with van der Waals surface area (Å²) in [7, 11) is 0. The summed E-state index contributed by atoms with van der Waals surface area (Å²) in [5, 5.41) is 22.2. The molecule has 0 atom stereocenters. The van der Waals surface area contributed by atoms with Crippen LogP contribution in [-0.2, 0) is 38.5 Å². The van der Waals surface area contributed by atoms with E-state index in [9.17, 15) is 10.2 Å². The lowest BCUT2D eigenvalue weighted by atomic mass is 9.89. The highest BCUT2D eigenvalue weighted by Crippen LogP contribution is 2.32. The van der Waals surface area contributed by atoms with E-state index in [-0.39, 0.29) is 0 Å². The van der Waals surface area contributed by atoms with Gasteiger partial charge in [-0.15, -0.1) is 0 Å². The van der Waals surface area contributed by atoms with Gasteiger partial charge < -0.3 is 10.2 Å². The Balaban J connectivity index is 1.87. The van der Waals surface area contributed by atoms with Crippen molar-refractivity contribution in [2.24, 2.45) is 0 Å². The van der Waals surface area contributed by atoms with E-state index < -0.39 is 0 Å². The lowest BCUT2D eigenvalue weighted by Gasteiger charge is -2.17. The zero-order chi connectivity index (χ0) is 45.3. The maximum Gasteiger partial charge on any atom is 0.119 e. The van der Waals surface area contributed by atoms with Gasteiger partial charge in [-0.1, -0.05) is 252 Å². The highest BCUT2D eigenvalue weighted by molar-refractivity contribution is 5.46. The van der Waals surface area contributed by atoms with Crippen molar-refractivity contribution < 1.29 is 10.2 Å². The van der Waals surface area contributed by atoms with Crippen molar-refractivity contribution in [2.75, 3.05) is 0 Å². The lowest BCUT2D eigenvalue weighted by molar-refractivity contribution is 0.463. The van der Waals surface area contributed by atoms with Crippen LogP contribution >= 0.6 is 0 Å². The van der Waals surface area contributed by atoms with Gasteiger partial charge in [-0.2, -0.15) is 0 Å². The van der Waals surface area contributed by atoms with E-state index in [1.54, 1.807) is 0 Å². The molecule has 0 aliphatic heterocycles. The van der Waals surface area contributed by atoms with Crippen LogP contribution < -0.4 is 0 Å².